The standard InChI is InChI=1S/C34H36FN7O3/c1-20-30(34(45)40(2)3)39-31(37-20)26-12-11-24(27-18-36-33(44)29(26)27)25-10-9-23(17-28(25)35)38-32(43)22-7-5-21(6-8-22)19-42-15-13-41(4)14-16-42/h5-12,17H,13-16,18-19H2,1-4H3,(H,36,44)(H,37,39)(H,38,43). The van der Waals surface area contributed by atoms with Crippen molar-refractivity contribution in [1.29, 1.82) is 0 Å². The van der Waals surface area contributed by atoms with Crippen LogP contribution in [0.15, 0.2) is 54.6 Å². The van der Waals surface area contributed by atoms with Crippen LogP contribution in [0.1, 0.15) is 48.0 Å². The lowest BCUT2D eigenvalue weighted by Crippen LogP contribution is -2.43. The van der Waals surface area contributed by atoms with Crippen molar-refractivity contribution in [2.45, 2.75) is 20.0 Å². The van der Waals surface area contributed by atoms with Gasteiger partial charge >= 0.3 is 0 Å². The van der Waals surface area contributed by atoms with Gasteiger partial charge in [-0.15, -0.1) is 0 Å². The van der Waals surface area contributed by atoms with Crippen molar-refractivity contribution in [1.82, 2.24) is 30.0 Å². The maximum Gasteiger partial charge on any atom is 0.273 e. The maximum absolute atomic E-state index is 15.6. The minimum absolute atomic E-state index is 0.225. The van der Waals surface area contributed by atoms with E-state index in [9.17, 15) is 14.4 Å². The third kappa shape index (κ3) is 6.09. The van der Waals surface area contributed by atoms with E-state index in [0.717, 1.165) is 38.3 Å². The Kier molecular flexibility index (Phi) is 8.22. The average Bonchev–Trinajstić information content (AvgIpc) is 3.61. The SMILES string of the molecule is Cc1[nH]c(-c2ccc(-c3ccc(NC(=O)c4ccc(CN5CCN(C)CC5)cc4)cc3F)c3c2C(=O)NC3)nc1C(=O)N(C)C. The number of likely N-dealkylation sites (N-methyl/N-ethyl adjacent to an activating group) is 1. The summed E-state index contributed by atoms with van der Waals surface area (Å²) < 4.78 is 15.6. The van der Waals surface area contributed by atoms with Crippen molar-refractivity contribution < 1.29 is 18.8 Å². The summed E-state index contributed by atoms with van der Waals surface area (Å²) in [7, 11) is 5.42. The predicted molar refractivity (Wildman–Crippen MR) is 171 cm³/mol. The first kappa shape index (κ1) is 30.2. The molecule has 1 saturated heterocycles. The molecule has 45 heavy (non-hydrogen) atoms. The Hall–Kier alpha value is -4.87. The van der Waals surface area contributed by atoms with Crippen molar-refractivity contribution >= 4 is 23.4 Å². The zero-order valence-electron chi connectivity index (χ0n) is 25.8. The molecular formula is C34H36FN7O3. The Morgan fingerprint density at radius 2 is 1.67 bits per heavy atom. The van der Waals surface area contributed by atoms with E-state index in [1.165, 1.54) is 11.0 Å². The molecule has 1 fully saturated rings. The molecule has 0 aliphatic carbocycles. The largest absolute Gasteiger partial charge is 0.348 e. The minimum Gasteiger partial charge on any atom is -0.348 e. The van der Waals surface area contributed by atoms with E-state index in [-0.39, 0.29) is 30.0 Å². The Bertz CT molecular complexity index is 1790. The van der Waals surface area contributed by atoms with Gasteiger partial charge in [-0.05, 0) is 67.1 Å². The van der Waals surface area contributed by atoms with Crippen LogP contribution in [0.5, 0.6) is 0 Å². The first-order chi connectivity index (χ1) is 21.6. The number of rotatable bonds is 7. The van der Waals surface area contributed by atoms with Gasteiger partial charge in [-0.1, -0.05) is 18.2 Å². The number of carbonyl (C=O) groups excluding carboxylic acids is 3. The van der Waals surface area contributed by atoms with Gasteiger partial charge in [0.25, 0.3) is 17.7 Å². The molecule has 0 bridgehead atoms. The predicted octanol–water partition coefficient (Wildman–Crippen LogP) is 4.14. The molecule has 0 atom stereocenters. The highest BCUT2D eigenvalue weighted by Crippen LogP contribution is 2.37. The number of fused-ring (bicyclic) bond motifs is 1. The fourth-order valence-corrected chi connectivity index (χ4v) is 5.85. The number of H-pyrrole nitrogens is 1. The Morgan fingerprint density at radius 3 is 2.36 bits per heavy atom. The highest BCUT2D eigenvalue weighted by Gasteiger charge is 2.29. The van der Waals surface area contributed by atoms with Gasteiger partial charge in [0.2, 0.25) is 0 Å². The number of amides is 3. The van der Waals surface area contributed by atoms with Crippen LogP contribution in [0.25, 0.3) is 22.5 Å². The molecule has 0 saturated carbocycles. The van der Waals surface area contributed by atoms with E-state index in [1.807, 2.05) is 12.1 Å². The molecule has 232 valence electrons. The van der Waals surface area contributed by atoms with Gasteiger partial charge in [0.05, 0.1) is 5.56 Å². The Morgan fingerprint density at radius 1 is 0.978 bits per heavy atom. The van der Waals surface area contributed by atoms with E-state index >= 15 is 4.39 Å². The van der Waals surface area contributed by atoms with Crippen LogP contribution >= 0.6 is 0 Å². The summed E-state index contributed by atoms with van der Waals surface area (Å²) in [6.07, 6.45) is 0. The van der Waals surface area contributed by atoms with Crippen LogP contribution in [0, 0.1) is 12.7 Å². The number of nitrogens with one attached hydrogen (secondary N) is 3. The molecule has 4 aromatic rings. The van der Waals surface area contributed by atoms with Crippen molar-refractivity contribution in [2.75, 3.05) is 52.6 Å². The van der Waals surface area contributed by atoms with Crippen molar-refractivity contribution in [3.63, 3.8) is 0 Å². The van der Waals surface area contributed by atoms with Gasteiger partial charge in [-0.2, -0.15) is 0 Å². The molecule has 3 aromatic carbocycles. The second kappa shape index (κ2) is 12.3. The van der Waals surface area contributed by atoms with Gasteiger partial charge in [-0.25, -0.2) is 9.37 Å². The summed E-state index contributed by atoms with van der Waals surface area (Å²) in [5.74, 6) is -1.01. The van der Waals surface area contributed by atoms with E-state index in [0.29, 0.717) is 50.6 Å². The van der Waals surface area contributed by atoms with Gasteiger partial charge in [-0.3, -0.25) is 19.3 Å². The normalized spacial score (nSPS) is 15.1. The zero-order chi connectivity index (χ0) is 31.8. The van der Waals surface area contributed by atoms with Crippen molar-refractivity contribution in [3.8, 4) is 22.5 Å². The highest BCUT2D eigenvalue weighted by molar-refractivity contribution is 6.07. The van der Waals surface area contributed by atoms with E-state index < -0.39 is 5.82 Å². The molecule has 2 aliphatic heterocycles. The third-order valence-corrected chi connectivity index (χ3v) is 8.45. The van der Waals surface area contributed by atoms with Crippen LogP contribution in [0.4, 0.5) is 10.1 Å². The van der Waals surface area contributed by atoms with Crippen LogP contribution in [-0.2, 0) is 13.1 Å². The molecule has 6 rings (SSSR count). The molecule has 10 nitrogen and oxygen atoms in total. The lowest BCUT2D eigenvalue weighted by atomic mass is 9.92. The second-order valence-corrected chi connectivity index (χ2v) is 11.9. The number of piperazine rings is 1. The van der Waals surface area contributed by atoms with E-state index in [4.69, 9.17) is 0 Å². The molecule has 2 aliphatic rings. The fourth-order valence-electron chi connectivity index (χ4n) is 5.85. The fraction of sp³-hybridized carbons (Fsp3) is 0.294. The lowest BCUT2D eigenvalue weighted by molar-refractivity contribution is 0.0821. The highest BCUT2D eigenvalue weighted by atomic mass is 19.1. The first-order valence-corrected chi connectivity index (χ1v) is 14.9. The number of aromatic nitrogens is 2. The topological polar surface area (TPSA) is 114 Å². The number of nitrogens with zero attached hydrogens (tertiary/aromatic N) is 4. The summed E-state index contributed by atoms with van der Waals surface area (Å²) in [5.41, 5.74) is 5.24. The maximum atomic E-state index is 15.6. The number of imidazole rings is 1. The summed E-state index contributed by atoms with van der Waals surface area (Å²) >= 11 is 0. The molecule has 3 heterocycles. The average molecular weight is 610 g/mol. The van der Waals surface area contributed by atoms with Gasteiger partial charge in [0, 0.05) is 81.4 Å². The first-order valence-electron chi connectivity index (χ1n) is 14.9. The Labute approximate surface area is 261 Å². The molecule has 0 spiro atoms. The van der Waals surface area contributed by atoms with Crippen LogP contribution in [0.3, 0.4) is 0 Å². The summed E-state index contributed by atoms with van der Waals surface area (Å²) in [4.78, 5) is 52.2. The second-order valence-electron chi connectivity index (χ2n) is 11.9. The van der Waals surface area contributed by atoms with Crippen LogP contribution in [-0.4, -0.2) is 89.7 Å². The minimum atomic E-state index is -0.530. The number of benzene rings is 3. The molecule has 0 unspecified atom stereocenters. The Balaban J connectivity index is 1.20. The summed E-state index contributed by atoms with van der Waals surface area (Å²) in [6.45, 7) is 6.95. The molecule has 1 aromatic heterocycles. The summed E-state index contributed by atoms with van der Waals surface area (Å²) in [5, 5.41) is 5.62. The lowest BCUT2D eigenvalue weighted by Gasteiger charge is -2.32. The summed E-state index contributed by atoms with van der Waals surface area (Å²) in [6, 6.07) is 15.5. The van der Waals surface area contributed by atoms with Gasteiger partial charge in [0.1, 0.15) is 17.3 Å². The number of anilines is 1. The quantitative estimate of drug-likeness (QED) is 0.290. The van der Waals surface area contributed by atoms with E-state index in [1.54, 1.807) is 57.4 Å². The van der Waals surface area contributed by atoms with Gasteiger partial charge < -0.3 is 25.4 Å². The molecule has 0 radical (unpaired) electrons. The number of hydrogen-bond donors (Lipinski definition) is 3. The molecular weight excluding hydrogens is 573 g/mol. The van der Waals surface area contributed by atoms with Gasteiger partial charge in [0.15, 0.2) is 0 Å². The van der Waals surface area contributed by atoms with E-state index in [2.05, 4.69) is 37.4 Å². The van der Waals surface area contributed by atoms with Crippen LogP contribution < -0.4 is 10.6 Å². The number of carbonyl (C=O) groups is 3. The monoisotopic (exact) mass is 609 g/mol. The molecule has 3 amide bonds. The smallest absolute Gasteiger partial charge is 0.273 e. The molecule has 3 N–H and O–H groups in total. The molecule has 11 heteroatoms. The number of hydrogen-bond acceptors (Lipinski definition) is 6. The number of halogens is 1. The third-order valence-electron chi connectivity index (χ3n) is 8.45. The number of aromatic amines is 1. The number of aryl methyl sites for hydroxylation is 1. The zero-order valence-corrected chi connectivity index (χ0v) is 25.8. The van der Waals surface area contributed by atoms with Crippen molar-refractivity contribution in [2.24, 2.45) is 0 Å². The van der Waals surface area contributed by atoms with Crippen LogP contribution in [0.2, 0.25) is 0 Å². The van der Waals surface area contributed by atoms with Crippen molar-refractivity contribution in [3.05, 3.63) is 94.1 Å².